The Balaban J connectivity index is 2.85. The lowest BCUT2D eigenvalue weighted by Gasteiger charge is -2.14. The molecule has 0 aromatic heterocycles. The Morgan fingerprint density at radius 1 is 1.50 bits per heavy atom. The number of nitrogens with zero attached hydrogens (tertiary/aromatic N) is 1. The van der Waals surface area contributed by atoms with Gasteiger partial charge in [0.25, 0.3) is 12.1 Å². The van der Waals surface area contributed by atoms with Gasteiger partial charge in [-0.25, -0.2) is 8.78 Å². The van der Waals surface area contributed by atoms with Crippen molar-refractivity contribution in [1.29, 1.82) is 0 Å². The predicted octanol–water partition coefficient (Wildman–Crippen LogP) is 3.42. The summed E-state index contributed by atoms with van der Waals surface area (Å²) >= 11 is 3.01. The molecule has 1 N–H and O–H groups in total. The number of nitrogens with one attached hydrogen (secondary N) is 1. The van der Waals surface area contributed by atoms with Crippen LogP contribution in [0.3, 0.4) is 0 Å². The van der Waals surface area contributed by atoms with Crippen LogP contribution in [-0.2, 0) is 0 Å². The van der Waals surface area contributed by atoms with Crippen LogP contribution in [-0.4, -0.2) is 17.4 Å². The molecule has 0 spiro atoms. The van der Waals surface area contributed by atoms with Gasteiger partial charge in [-0.15, -0.1) is 0 Å². The molecule has 1 unspecified atom stereocenters. The highest BCUT2D eigenvalue weighted by molar-refractivity contribution is 9.10. The number of anilines is 1. The molecule has 0 aliphatic carbocycles. The highest BCUT2D eigenvalue weighted by atomic mass is 79.9. The Hall–Kier alpha value is -1.24. The zero-order chi connectivity index (χ0) is 12.3. The number of nitro groups is 1. The molecule has 0 bridgehead atoms. The van der Waals surface area contributed by atoms with Gasteiger partial charge in [-0.2, -0.15) is 0 Å². The van der Waals surface area contributed by atoms with E-state index in [0.29, 0.717) is 5.69 Å². The molecule has 0 amide bonds. The maximum Gasteiger partial charge on any atom is 0.283 e. The van der Waals surface area contributed by atoms with Gasteiger partial charge in [0, 0.05) is 11.8 Å². The molecule has 0 aliphatic rings. The minimum atomic E-state index is -2.49. The first kappa shape index (κ1) is 12.8. The van der Waals surface area contributed by atoms with E-state index < -0.39 is 17.4 Å². The molecular weight excluding hydrogens is 286 g/mol. The first-order valence-electron chi connectivity index (χ1n) is 4.40. The van der Waals surface area contributed by atoms with Crippen molar-refractivity contribution in [1.82, 2.24) is 0 Å². The van der Waals surface area contributed by atoms with Crippen LogP contribution in [0.15, 0.2) is 22.7 Å². The molecule has 1 rings (SSSR count). The van der Waals surface area contributed by atoms with Crippen LogP contribution in [0, 0.1) is 10.1 Å². The van der Waals surface area contributed by atoms with Crippen LogP contribution in [0.5, 0.6) is 0 Å². The van der Waals surface area contributed by atoms with Crippen LogP contribution in [0.2, 0.25) is 0 Å². The monoisotopic (exact) mass is 294 g/mol. The van der Waals surface area contributed by atoms with E-state index in [4.69, 9.17) is 0 Å². The highest BCUT2D eigenvalue weighted by Crippen LogP contribution is 2.28. The Morgan fingerprint density at radius 2 is 2.12 bits per heavy atom. The van der Waals surface area contributed by atoms with E-state index >= 15 is 0 Å². The van der Waals surface area contributed by atoms with Gasteiger partial charge in [0.2, 0.25) is 0 Å². The Morgan fingerprint density at radius 3 is 2.56 bits per heavy atom. The molecule has 1 aromatic rings. The highest BCUT2D eigenvalue weighted by Gasteiger charge is 2.16. The van der Waals surface area contributed by atoms with Crippen molar-refractivity contribution in [2.45, 2.75) is 19.4 Å². The fraction of sp³-hybridized carbons (Fsp3) is 0.333. The lowest BCUT2D eigenvalue weighted by Crippen LogP contribution is -2.23. The Labute approximate surface area is 98.9 Å². The number of nitro benzene ring substituents is 1. The van der Waals surface area contributed by atoms with E-state index in [9.17, 15) is 18.9 Å². The van der Waals surface area contributed by atoms with Crippen molar-refractivity contribution >= 4 is 27.3 Å². The third-order valence-electron chi connectivity index (χ3n) is 1.92. The van der Waals surface area contributed by atoms with E-state index in [1.165, 1.54) is 25.1 Å². The van der Waals surface area contributed by atoms with Crippen molar-refractivity contribution in [3.63, 3.8) is 0 Å². The second-order valence-corrected chi connectivity index (χ2v) is 4.05. The Bertz CT molecular complexity index is 401. The molecule has 16 heavy (non-hydrogen) atoms. The standard InChI is InChI=1S/C9H9BrF2N2O2/c1-5(9(11)12)13-6-2-3-8(14(15)16)7(10)4-6/h2-5,9,13H,1H3. The molecule has 0 radical (unpaired) electrons. The fourth-order valence-corrected chi connectivity index (χ4v) is 1.59. The molecule has 0 fully saturated rings. The largest absolute Gasteiger partial charge is 0.377 e. The van der Waals surface area contributed by atoms with Gasteiger partial charge in [-0.3, -0.25) is 10.1 Å². The zero-order valence-electron chi connectivity index (χ0n) is 8.28. The summed E-state index contributed by atoms with van der Waals surface area (Å²) in [4.78, 5) is 9.95. The number of alkyl halides is 2. The van der Waals surface area contributed by atoms with E-state index in [0.717, 1.165) is 0 Å². The third-order valence-corrected chi connectivity index (χ3v) is 2.55. The van der Waals surface area contributed by atoms with Crippen LogP contribution in [0.4, 0.5) is 20.2 Å². The van der Waals surface area contributed by atoms with E-state index in [-0.39, 0.29) is 10.2 Å². The Kier molecular flexibility index (Phi) is 4.17. The molecule has 1 aromatic carbocycles. The number of hydrogen-bond acceptors (Lipinski definition) is 3. The van der Waals surface area contributed by atoms with Gasteiger partial charge in [0.15, 0.2) is 0 Å². The second kappa shape index (κ2) is 5.20. The minimum absolute atomic E-state index is 0.102. The fourth-order valence-electron chi connectivity index (χ4n) is 1.07. The number of rotatable bonds is 4. The molecule has 7 heteroatoms. The summed E-state index contributed by atoms with van der Waals surface area (Å²) in [5, 5.41) is 13.0. The van der Waals surface area contributed by atoms with Gasteiger partial charge in [-0.1, -0.05) is 0 Å². The zero-order valence-corrected chi connectivity index (χ0v) is 9.87. The number of benzene rings is 1. The summed E-state index contributed by atoms with van der Waals surface area (Å²) in [5.41, 5.74) is 0.306. The lowest BCUT2D eigenvalue weighted by molar-refractivity contribution is -0.385. The predicted molar refractivity (Wildman–Crippen MR) is 59.9 cm³/mol. The molecule has 4 nitrogen and oxygen atoms in total. The first-order chi connectivity index (χ1) is 7.41. The molecular formula is C9H9BrF2N2O2. The topological polar surface area (TPSA) is 55.2 Å². The van der Waals surface area contributed by atoms with Crippen molar-refractivity contribution in [3.05, 3.63) is 32.8 Å². The first-order valence-corrected chi connectivity index (χ1v) is 5.19. The van der Waals surface area contributed by atoms with Gasteiger partial charge >= 0.3 is 0 Å². The smallest absolute Gasteiger partial charge is 0.283 e. The molecule has 0 aliphatic heterocycles. The van der Waals surface area contributed by atoms with E-state index in [1.807, 2.05) is 0 Å². The van der Waals surface area contributed by atoms with Crippen LogP contribution < -0.4 is 5.32 Å². The average molecular weight is 295 g/mol. The molecule has 1 atom stereocenters. The van der Waals surface area contributed by atoms with E-state index in [1.54, 1.807) is 0 Å². The van der Waals surface area contributed by atoms with Crippen molar-refractivity contribution in [2.75, 3.05) is 5.32 Å². The van der Waals surface area contributed by atoms with Crippen molar-refractivity contribution < 1.29 is 13.7 Å². The average Bonchev–Trinajstić information content (AvgIpc) is 2.16. The van der Waals surface area contributed by atoms with Gasteiger partial charge in [0.1, 0.15) is 0 Å². The maximum atomic E-state index is 12.2. The third kappa shape index (κ3) is 3.13. The number of halogens is 3. The van der Waals surface area contributed by atoms with Crippen LogP contribution in [0.25, 0.3) is 0 Å². The number of hydrogen-bond donors (Lipinski definition) is 1. The summed E-state index contributed by atoms with van der Waals surface area (Å²) in [6.07, 6.45) is -2.49. The molecule has 0 saturated carbocycles. The summed E-state index contributed by atoms with van der Waals surface area (Å²) in [7, 11) is 0. The summed E-state index contributed by atoms with van der Waals surface area (Å²) < 4.78 is 24.7. The lowest BCUT2D eigenvalue weighted by atomic mass is 10.2. The SMILES string of the molecule is CC(Nc1ccc([N+](=O)[O-])c(Br)c1)C(F)F. The summed E-state index contributed by atoms with van der Waals surface area (Å²) in [6, 6.07) is 3.04. The summed E-state index contributed by atoms with van der Waals surface area (Å²) in [5.74, 6) is 0. The molecule has 88 valence electrons. The van der Waals surface area contributed by atoms with Gasteiger partial charge in [-0.05, 0) is 35.0 Å². The van der Waals surface area contributed by atoms with Gasteiger partial charge < -0.3 is 5.32 Å². The second-order valence-electron chi connectivity index (χ2n) is 3.19. The maximum absolute atomic E-state index is 12.2. The van der Waals surface area contributed by atoms with Gasteiger partial charge in [0.05, 0.1) is 15.4 Å². The molecule has 0 heterocycles. The quantitative estimate of drug-likeness (QED) is 0.684. The summed E-state index contributed by atoms with van der Waals surface area (Å²) in [6.45, 7) is 1.33. The van der Waals surface area contributed by atoms with Crippen molar-refractivity contribution in [3.8, 4) is 0 Å². The van der Waals surface area contributed by atoms with Crippen molar-refractivity contribution in [2.24, 2.45) is 0 Å². The molecule has 0 saturated heterocycles. The van der Waals surface area contributed by atoms with Crippen LogP contribution in [0.1, 0.15) is 6.92 Å². The van der Waals surface area contributed by atoms with E-state index in [2.05, 4.69) is 21.2 Å². The minimum Gasteiger partial charge on any atom is -0.377 e. The normalized spacial score (nSPS) is 12.6. The van der Waals surface area contributed by atoms with Crippen LogP contribution >= 0.6 is 15.9 Å².